The van der Waals surface area contributed by atoms with Gasteiger partial charge in [-0.1, -0.05) is 28.1 Å². The fourth-order valence-electron chi connectivity index (χ4n) is 2.29. The number of aromatic hydroxyl groups is 1. The van der Waals surface area contributed by atoms with Gasteiger partial charge >= 0.3 is 0 Å². The number of nitro benzene ring substituents is 1. The highest BCUT2D eigenvalue weighted by atomic mass is 79.9. The number of rotatable bonds is 4. The number of aliphatic imine (C=N–C) groups is 1. The monoisotopic (exact) mass is 396 g/mol. The van der Waals surface area contributed by atoms with Gasteiger partial charge in [0.05, 0.1) is 10.6 Å². The fraction of sp³-hybridized carbons (Fsp3) is 0. The quantitative estimate of drug-likeness (QED) is 0.360. The zero-order valence-corrected chi connectivity index (χ0v) is 14.6. The van der Waals surface area contributed by atoms with E-state index in [1.54, 1.807) is 36.5 Å². The third-order valence-electron chi connectivity index (χ3n) is 3.62. The molecule has 3 rings (SSSR count). The van der Waals surface area contributed by atoms with Crippen LogP contribution in [0.25, 0.3) is 11.1 Å². The molecule has 0 spiro atoms. The molecule has 0 unspecified atom stereocenters. The van der Waals surface area contributed by atoms with Crippen molar-refractivity contribution in [3.63, 3.8) is 0 Å². The molecule has 0 aliphatic carbocycles. The van der Waals surface area contributed by atoms with Gasteiger partial charge in [-0.2, -0.15) is 0 Å². The van der Waals surface area contributed by atoms with E-state index in [9.17, 15) is 15.2 Å². The Balaban J connectivity index is 1.79. The summed E-state index contributed by atoms with van der Waals surface area (Å²) in [6.45, 7) is 0. The molecule has 0 bridgehead atoms. The van der Waals surface area contributed by atoms with E-state index in [0.717, 1.165) is 21.3 Å². The van der Waals surface area contributed by atoms with Gasteiger partial charge < -0.3 is 5.11 Å². The molecule has 0 saturated carbocycles. The summed E-state index contributed by atoms with van der Waals surface area (Å²) in [6.07, 6.45) is 1.60. The van der Waals surface area contributed by atoms with Gasteiger partial charge in [0.15, 0.2) is 0 Å². The van der Waals surface area contributed by atoms with Gasteiger partial charge in [0, 0.05) is 28.4 Å². The normalized spacial score (nSPS) is 10.9. The molecule has 3 aromatic carbocycles. The fourth-order valence-corrected chi connectivity index (χ4v) is 2.67. The molecule has 0 fully saturated rings. The molecular weight excluding hydrogens is 384 g/mol. The summed E-state index contributed by atoms with van der Waals surface area (Å²) in [5.74, 6) is 0.162. The summed E-state index contributed by atoms with van der Waals surface area (Å²) >= 11 is 3.36. The number of phenols is 1. The lowest BCUT2D eigenvalue weighted by atomic mass is 10.1. The largest absolute Gasteiger partial charge is 0.507 e. The van der Waals surface area contributed by atoms with Crippen LogP contribution < -0.4 is 0 Å². The summed E-state index contributed by atoms with van der Waals surface area (Å²) in [7, 11) is 0. The molecule has 0 saturated heterocycles. The molecule has 25 heavy (non-hydrogen) atoms. The van der Waals surface area contributed by atoms with Gasteiger partial charge in [-0.05, 0) is 53.6 Å². The Labute approximate surface area is 152 Å². The second-order valence-corrected chi connectivity index (χ2v) is 6.23. The van der Waals surface area contributed by atoms with Crippen LogP contribution in [0.3, 0.4) is 0 Å². The van der Waals surface area contributed by atoms with Crippen LogP contribution in [0.5, 0.6) is 5.75 Å². The maximum absolute atomic E-state index is 10.7. The van der Waals surface area contributed by atoms with Crippen LogP contribution in [-0.4, -0.2) is 16.2 Å². The van der Waals surface area contributed by atoms with Crippen molar-refractivity contribution in [3.8, 4) is 16.9 Å². The van der Waals surface area contributed by atoms with Crippen LogP contribution in [0.2, 0.25) is 0 Å². The van der Waals surface area contributed by atoms with E-state index in [1.165, 1.54) is 12.1 Å². The van der Waals surface area contributed by atoms with Crippen molar-refractivity contribution >= 4 is 33.5 Å². The number of nitro groups is 1. The lowest BCUT2D eigenvalue weighted by molar-refractivity contribution is -0.384. The minimum Gasteiger partial charge on any atom is -0.507 e. The summed E-state index contributed by atoms with van der Waals surface area (Å²) in [6, 6.07) is 19.0. The molecule has 0 aliphatic rings. The van der Waals surface area contributed by atoms with Crippen molar-refractivity contribution in [2.24, 2.45) is 4.99 Å². The predicted molar refractivity (Wildman–Crippen MR) is 102 cm³/mol. The average molecular weight is 397 g/mol. The molecule has 0 radical (unpaired) electrons. The molecule has 0 amide bonds. The van der Waals surface area contributed by atoms with Gasteiger partial charge in [-0.25, -0.2) is 0 Å². The summed E-state index contributed by atoms with van der Waals surface area (Å²) in [5, 5.41) is 20.5. The minimum atomic E-state index is -0.418. The molecule has 1 N–H and O–H groups in total. The first-order valence-electron chi connectivity index (χ1n) is 7.40. The molecule has 0 atom stereocenters. The van der Waals surface area contributed by atoms with Gasteiger partial charge in [-0.15, -0.1) is 0 Å². The lowest BCUT2D eigenvalue weighted by Crippen LogP contribution is -1.87. The van der Waals surface area contributed by atoms with E-state index in [1.807, 2.05) is 24.3 Å². The zero-order chi connectivity index (χ0) is 17.8. The first kappa shape index (κ1) is 16.9. The first-order valence-corrected chi connectivity index (χ1v) is 8.20. The first-order chi connectivity index (χ1) is 12.0. The van der Waals surface area contributed by atoms with E-state index in [0.29, 0.717) is 5.56 Å². The van der Waals surface area contributed by atoms with Gasteiger partial charge in [0.2, 0.25) is 0 Å². The molecule has 0 aromatic heterocycles. The molecular formula is C19H13BrN2O3. The van der Waals surface area contributed by atoms with Crippen LogP contribution in [0, 0.1) is 10.1 Å². The Morgan fingerprint density at radius 3 is 2.16 bits per heavy atom. The number of halogens is 1. The van der Waals surface area contributed by atoms with Crippen LogP contribution in [0.1, 0.15) is 5.56 Å². The Hall–Kier alpha value is -2.99. The Morgan fingerprint density at radius 2 is 1.56 bits per heavy atom. The molecule has 5 nitrogen and oxygen atoms in total. The number of benzene rings is 3. The van der Waals surface area contributed by atoms with Crippen molar-refractivity contribution in [3.05, 3.63) is 86.9 Å². The standard InChI is InChI=1S/C19H13BrN2O3/c20-16-5-10-19(23)15(11-16)12-21-17-6-1-13(2-7-17)14-3-8-18(9-4-14)22(24)25/h1-12,23H. The second kappa shape index (κ2) is 7.27. The topological polar surface area (TPSA) is 75.7 Å². The maximum Gasteiger partial charge on any atom is 0.269 e. The number of phenolic OH excluding ortho intramolecular Hbond substituents is 1. The Bertz CT molecular complexity index is 936. The van der Waals surface area contributed by atoms with E-state index >= 15 is 0 Å². The van der Waals surface area contributed by atoms with Crippen LogP contribution in [0.15, 0.2) is 76.2 Å². The smallest absolute Gasteiger partial charge is 0.269 e. The summed E-state index contributed by atoms with van der Waals surface area (Å²) in [4.78, 5) is 14.6. The van der Waals surface area contributed by atoms with E-state index in [4.69, 9.17) is 0 Å². The van der Waals surface area contributed by atoms with Crippen LogP contribution in [0.4, 0.5) is 11.4 Å². The maximum atomic E-state index is 10.7. The lowest BCUT2D eigenvalue weighted by Gasteiger charge is -2.02. The highest BCUT2D eigenvalue weighted by Gasteiger charge is 2.05. The molecule has 6 heteroatoms. The van der Waals surface area contributed by atoms with Gasteiger partial charge in [0.25, 0.3) is 5.69 Å². The van der Waals surface area contributed by atoms with Crippen LogP contribution >= 0.6 is 15.9 Å². The van der Waals surface area contributed by atoms with E-state index in [2.05, 4.69) is 20.9 Å². The van der Waals surface area contributed by atoms with E-state index in [-0.39, 0.29) is 11.4 Å². The van der Waals surface area contributed by atoms with Crippen molar-refractivity contribution in [1.82, 2.24) is 0 Å². The highest BCUT2D eigenvalue weighted by molar-refractivity contribution is 9.10. The number of nitrogens with zero attached hydrogens (tertiary/aromatic N) is 2. The van der Waals surface area contributed by atoms with Crippen molar-refractivity contribution in [1.29, 1.82) is 0 Å². The molecule has 124 valence electrons. The van der Waals surface area contributed by atoms with Crippen molar-refractivity contribution in [2.45, 2.75) is 0 Å². The minimum absolute atomic E-state index is 0.0683. The van der Waals surface area contributed by atoms with Gasteiger partial charge in [0.1, 0.15) is 5.75 Å². The van der Waals surface area contributed by atoms with Gasteiger partial charge in [-0.3, -0.25) is 15.1 Å². The third kappa shape index (κ3) is 4.10. The Morgan fingerprint density at radius 1 is 0.960 bits per heavy atom. The summed E-state index contributed by atoms with van der Waals surface area (Å²) < 4.78 is 0.861. The van der Waals surface area contributed by atoms with Crippen molar-refractivity contribution < 1.29 is 10.0 Å². The SMILES string of the molecule is O=[N+]([O-])c1ccc(-c2ccc(N=Cc3cc(Br)ccc3O)cc2)cc1. The highest BCUT2D eigenvalue weighted by Crippen LogP contribution is 2.25. The van der Waals surface area contributed by atoms with Crippen LogP contribution in [-0.2, 0) is 0 Å². The molecule has 3 aromatic rings. The molecule has 0 heterocycles. The number of hydrogen-bond acceptors (Lipinski definition) is 4. The number of non-ortho nitro benzene ring substituents is 1. The number of hydrogen-bond donors (Lipinski definition) is 1. The molecule has 0 aliphatic heterocycles. The summed E-state index contributed by atoms with van der Waals surface area (Å²) in [5.41, 5.74) is 3.27. The van der Waals surface area contributed by atoms with Crippen molar-refractivity contribution in [2.75, 3.05) is 0 Å². The third-order valence-corrected chi connectivity index (χ3v) is 4.11. The average Bonchev–Trinajstić information content (AvgIpc) is 2.63. The second-order valence-electron chi connectivity index (χ2n) is 5.31. The predicted octanol–water partition coefficient (Wildman–Crippen LogP) is 5.48. The Kier molecular flexibility index (Phi) is 4.90. The van der Waals surface area contributed by atoms with E-state index < -0.39 is 4.92 Å². The zero-order valence-electron chi connectivity index (χ0n) is 13.0.